The van der Waals surface area contributed by atoms with E-state index in [0.717, 1.165) is 0 Å². The monoisotopic (exact) mass is 546 g/mol. The zero-order valence-corrected chi connectivity index (χ0v) is 23.0. The van der Waals surface area contributed by atoms with E-state index in [2.05, 4.69) is 20.9 Å². The highest BCUT2D eigenvalue weighted by molar-refractivity contribution is 7.98. The summed E-state index contributed by atoms with van der Waals surface area (Å²) >= 11 is 1.47. The van der Waals surface area contributed by atoms with E-state index in [9.17, 15) is 24.3 Å². The Morgan fingerprint density at radius 3 is 2.11 bits per heavy atom. The Balaban J connectivity index is 5.44. The Labute approximate surface area is 223 Å². The number of nitrogens with one attached hydrogen (secondary N) is 3. The summed E-state index contributed by atoms with van der Waals surface area (Å²) in [7, 11) is 0. The normalized spacial score (nSPS) is 14.9. The number of amides is 3. The maximum Gasteiger partial charge on any atom is 0.326 e. The smallest absolute Gasteiger partial charge is 0.326 e. The first-order valence-corrected chi connectivity index (χ1v) is 14.0. The van der Waals surface area contributed by atoms with Crippen molar-refractivity contribution in [2.75, 3.05) is 25.1 Å². The lowest BCUT2D eigenvalue weighted by Gasteiger charge is -2.28. The summed E-state index contributed by atoms with van der Waals surface area (Å²) in [6, 6.07) is -3.86. The van der Waals surface area contributed by atoms with Crippen LogP contribution >= 0.6 is 11.8 Å². The topological polar surface area (TPSA) is 241 Å². The van der Waals surface area contributed by atoms with Gasteiger partial charge in [0, 0.05) is 6.54 Å². The third kappa shape index (κ3) is 14.7. The minimum Gasteiger partial charge on any atom is -0.480 e. The van der Waals surface area contributed by atoms with Crippen molar-refractivity contribution >= 4 is 41.4 Å². The van der Waals surface area contributed by atoms with Gasteiger partial charge in [-0.15, -0.1) is 0 Å². The number of nitrogens with zero attached hydrogens (tertiary/aromatic N) is 1. The van der Waals surface area contributed by atoms with Gasteiger partial charge in [-0.1, -0.05) is 20.3 Å². The molecule has 0 rings (SSSR count). The van der Waals surface area contributed by atoms with Crippen LogP contribution < -0.4 is 38.9 Å². The lowest BCUT2D eigenvalue weighted by atomic mass is 9.97. The largest absolute Gasteiger partial charge is 0.480 e. The molecular weight excluding hydrogens is 500 g/mol. The van der Waals surface area contributed by atoms with E-state index in [1.807, 2.05) is 13.2 Å². The Morgan fingerprint density at radius 2 is 1.57 bits per heavy atom. The number of nitrogens with two attached hydrogens (primary N) is 4. The van der Waals surface area contributed by atoms with Crippen molar-refractivity contribution in [2.24, 2.45) is 33.8 Å². The first-order valence-electron chi connectivity index (χ1n) is 12.6. The molecule has 0 heterocycles. The lowest BCUT2D eigenvalue weighted by Crippen LogP contribution is -2.58. The molecule has 0 aliphatic heterocycles. The van der Waals surface area contributed by atoms with E-state index < -0.39 is 47.9 Å². The number of carbonyl (C=O) groups excluding carboxylic acids is 3. The fourth-order valence-corrected chi connectivity index (χ4v) is 3.87. The molecule has 13 nitrogen and oxygen atoms in total. The van der Waals surface area contributed by atoms with E-state index >= 15 is 0 Å². The molecule has 214 valence electrons. The van der Waals surface area contributed by atoms with Crippen LogP contribution in [0.4, 0.5) is 0 Å². The average molecular weight is 547 g/mol. The summed E-state index contributed by atoms with van der Waals surface area (Å²) in [6.45, 7) is 4.40. The molecule has 14 heteroatoms. The maximum absolute atomic E-state index is 13.2. The van der Waals surface area contributed by atoms with Gasteiger partial charge < -0.3 is 44.0 Å². The Morgan fingerprint density at radius 1 is 0.919 bits per heavy atom. The number of carboxylic acid groups (broad SMARTS) is 1. The lowest BCUT2D eigenvalue weighted by molar-refractivity contribution is -0.142. The van der Waals surface area contributed by atoms with E-state index in [-0.39, 0.29) is 18.3 Å². The van der Waals surface area contributed by atoms with Gasteiger partial charge in [-0.25, -0.2) is 4.79 Å². The molecule has 3 amide bonds. The van der Waals surface area contributed by atoms with Crippen LogP contribution in [0.15, 0.2) is 4.99 Å². The molecule has 0 aromatic heterocycles. The van der Waals surface area contributed by atoms with Gasteiger partial charge >= 0.3 is 5.97 Å². The highest BCUT2D eigenvalue weighted by Gasteiger charge is 2.32. The van der Waals surface area contributed by atoms with Gasteiger partial charge in [0.2, 0.25) is 17.7 Å². The zero-order valence-electron chi connectivity index (χ0n) is 22.2. The van der Waals surface area contributed by atoms with E-state index in [1.165, 1.54) is 11.8 Å². The maximum atomic E-state index is 13.2. The summed E-state index contributed by atoms with van der Waals surface area (Å²) in [5, 5.41) is 17.4. The van der Waals surface area contributed by atoms with Gasteiger partial charge in [0.25, 0.3) is 0 Å². The number of unbranched alkanes of at least 4 members (excludes halogenated alkanes) is 1. The van der Waals surface area contributed by atoms with Gasteiger partial charge in [0.1, 0.15) is 18.1 Å². The number of hydrogen-bond acceptors (Lipinski definition) is 8. The van der Waals surface area contributed by atoms with Crippen LogP contribution in [0, 0.1) is 5.92 Å². The highest BCUT2D eigenvalue weighted by atomic mass is 32.2. The van der Waals surface area contributed by atoms with Crippen molar-refractivity contribution in [3.63, 3.8) is 0 Å². The molecule has 0 bridgehead atoms. The summed E-state index contributed by atoms with van der Waals surface area (Å²) in [6.07, 6.45) is 4.97. The van der Waals surface area contributed by atoms with Crippen molar-refractivity contribution in [3.8, 4) is 0 Å². The fourth-order valence-electron chi connectivity index (χ4n) is 3.40. The van der Waals surface area contributed by atoms with Crippen LogP contribution in [-0.4, -0.2) is 84.0 Å². The number of carboxylic acids is 1. The first-order chi connectivity index (χ1) is 17.5. The van der Waals surface area contributed by atoms with Crippen LogP contribution in [0.3, 0.4) is 0 Å². The first kappa shape index (κ1) is 34.4. The van der Waals surface area contributed by atoms with E-state index in [0.29, 0.717) is 57.4 Å². The van der Waals surface area contributed by atoms with Crippen LogP contribution in [0.25, 0.3) is 0 Å². The minimum atomic E-state index is -1.14. The molecule has 5 unspecified atom stereocenters. The van der Waals surface area contributed by atoms with Crippen molar-refractivity contribution in [3.05, 3.63) is 0 Å². The van der Waals surface area contributed by atoms with Gasteiger partial charge in [-0.05, 0) is 63.0 Å². The van der Waals surface area contributed by atoms with Gasteiger partial charge in [-0.3, -0.25) is 19.4 Å². The van der Waals surface area contributed by atoms with Gasteiger partial charge in [0.05, 0.1) is 6.04 Å². The molecule has 0 saturated heterocycles. The Hall–Kier alpha value is -2.58. The molecular formula is C23H46N8O5S. The Kier molecular flexibility index (Phi) is 18.2. The SMILES string of the molecule is CCC(C)C(NC(=O)C(CCCCN)NC(=O)C(N)CCCN=C(N)N)C(=O)NC(CCSC)C(=O)O. The van der Waals surface area contributed by atoms with E-state index in [1.54, 1.807) is 6.92 Å². The number of aliphatic imine (C=N–C) groups is 1. The quantitative estimate of drug-likeness (QED) is 0.0517. The summed E-state index contributed by atoms with van der Waals surface area (Å²) in [5.41, 5.74) is 22.1. The second-order valence-corrected chi connectivity index (χ2v) is 9.94. The number of aliphatic carboxylic acids is 1. The molecule has 0 saturated carbocycles. The molecule has 0 spiro atoms. The van der Waals surface area contributed by atoms with Crippen LogP contribution in [0.2, 0.25) is 0 Å². The van der Waals surface area contributed by atoms with Crippen molar-refractivity contribution in [1.29, 1.82) is 0 Å². The molecule has 0 aromatic carbocycles. The predicted octanol–water partition coefficient (Wildman–Crippen LogP) is -1.17. The summed E-state index contributed by atoms with van der Waals surface area (Å²) in [4.78, 5) is 54.3. The third-order valence-corrected chi connectivity index (χ3v) is 6.55. The van der Waals surface area contributed by atoms with Gasteiger partial charge in [-0.2, -0.15) is 11.8 Å². The number of thioether (sulfide) groups is 1. The zero-order chi connectivity index (χ0) is 28.4. The molecule has 37 heavy (non-hydrogen) atoms. The molecule has 0 aromatic rings. The van der Waals surface area contributed by atoms with Crippen molar-refractivity contribution < 1.29 is 24.3 Å². The van der Waals surface area contributed by atoms with Crippen molar-refractivity contribution in [1.82, 2.24) is 16.0 Å². The second-order valence-electron chi connectivity index (χ2n) is 8.95. The molecule has 5 atom stereocenters. The van der Waals surface area contributed by atoms with Crippen molar-refractivity contribution in [2.45, 2.75) is 83.0 Å². The molecule has 0 radical (unpaired) electrons. The molecule has 0 aliphatic carbocycles. The molecule has 12 N–H and O–H groups in total. The average Bonchev–Trinajstić information content (AvgIpc) is 2.85. The third-order valence-electron chi connectivity index (χ3n) is 5.90. The Bertz CT molecular complexity index is 751. The summed E-state index contributed by atoms with van der Waals surface area (Å²) in [5.74, 6) is -2.55. The predicted molar refractivity (Wildman–Crippen MR) is 147 cm³/mol. The molecule has 0 aliphatic rings. The van der Waals surface area contributed by atoms with E-state index in [4.69, 9.17) is 22.9 Å². The van der Waals surface area contributed by atoms with Crippen LogP contribution in [0.1, 0.15) is 58.8 Å². The van der Waals surface area contributed by atoms with Gasteiger partial charge in [0.15, 0.2) is 5.96 Å². The van der Waals surface area contributed by atoms with Crippen LogP contribution in [-0.2, 0) is 19.2 Å². The minimum absolute atomic E-state index is 0.0477. The fraction of sp³-hybridized carbons (Fsp3) is 0.783. The summed E-state index contributed by atoms with van der Waals surface area (Å²) < 4.78 is 0. The number of hydrogen-bond donors (Lipinski definition) is 8. The number of rotatable bonds is 20. The highest BCUT2D eigenvalue weighted by Crippen LogP contribution is 2.11. The second kappa shape index (κ2) is 19.5. The number of guanidine groups is 1. The number of carbonyl (C=O) groups is 4. The molecule has 0 fully saturated rings. The standard InChI is InChI=1S/C23H46N8O5S/c1-4-14(2)18(21(34)30-17(22(35)36)10-13-37-3)31-20(33)16(9-5-6-11-24)29-19(32)15(25)8-7-12-28-23(26)27/h14-18H,4-13,24-25H2,1-3H3,(H,29,32)(H,30,34)(H,31,33)(H,35,36)(H4,26,27,28). The van der Waals surface area contributed by atoms with Crippen LogP contribution in [0.5, 0.6) is 0 Å².